The Balaban J connectivity index is 2.49. The predicted molar refractivity (Wildman–Crippen MR) is 72.5 cm³/mol. The Kier molecular flexibility index (Phi) is 3.26. The minimum Gasteiger partial charge on any atom is -0.381 e. The lowest BCUT2D eigenvalue weighted by molar-refractivity contribution is 0.101. The zero-order valence-electron chi connectivity index (χ0n) is 11.4. The second-order valence-electron chi connectivity index (χ2n) is 4.98. The number of nitrogens with zero attached hydrogens (tertiary/aromatic N) is 2. The maximum atomic E-state index is 10.8. The summed E-state index contributed by atoms with van der Waals surface area (Å²) in [4.78, 5) is 0. The van der Waals surface area contributed by atoms with Gasteiger partial charge in [-0.15, -0.1) is 0 Å². The summed E-state index contributed by atoms with van der Waals surface area (Å²) in [6.07, 6.45) is 3.65. The zero-order valence-corrected chi connectivity index (χ0v) is 11.4. The van der Waals surface area contributed by atoms with E-state index in [9.17, 15) is 5.11 Å². The Bertz CT molecular complexity index is 555. The van der Waals surface area contributed by atoms with Crippen LogP contribution in [0.1, 0.15) is 36.1 Å². The van der Waals surface area contributed by atoms with Gasteiger partial charge in [0.2, 0.25) is 0 Å². The quantitative estimate of drug-likeness (QED) is 0.901. The van der Waals surface area contributed by atoms with Crippen LogP contribution < -0.4 is 0 Å². The molecule has 1 heterocycles. The van der Waals surface area contributed by atoms with Crippen molar-refractivity contribution < 1.29 is 5.11 Å². The van der Waals surface area contributed by atoms with Crippen LogP contribution in [0.3, 0.4) is 0 Å². The summed E-state index contributed by atoms with van der Waals surface area (Å²) in [5, 5.41) is 15.1. The molecule has 96 valence electrons. The van der Waals surface area contributed by atoms with Crippen molar-refractivity contribution in [3.8, 4) is 0 Å². The first kappa shape index (κ1) is 12.8. The largest absolute Gasteiger partial charge is 0.381 e. The Hall–Kier alpha value is -1.61. The first-order valence-electron chi connectivity index (χ1n) is 6.28. The van der Waals surface area contributed by atoms with E-state index >= 15 is 0 Å². The van der Waals surface area contributed by atoms with Crippen molar-refractivity contribution in [2.24, 2.45) is 0 Å². The molecule has 0 amide bonds. The fourth-order valence-corrected chi connectivity index (χ4v) is 2.20. The average molecular weight is 244 g/mol. The summed E-state index contributed by atoms with van der Waals surface area (Å²) in [7, 11) is 0. The van der Waals surface area contributed by atoms with E-state index in [-0.39, 0.29) is 0 Å². The van der Waals surface area contributed by atoms with Crippen molar-refractivity contribution in [3.63, 3.8) is 0 Å². The number of aryl methyl sites for hydroxylation is 3. The standard InChI is InChI=1S/C15H20N2O/c1-5-17-10-13(9-16-17)15(4,18)14-8-11(2)6-7-12(14)3/h6-10,18H,5H2,1-4H3. The summed E-state index contributed by atoms with van der Waals surface area (Å²) in [5.74, 6) is 0. The normalized spacial score (nSPS) is 14.5. The molecule has 1 N–H and O–H groups in total. The molecule has 1 aromatic heterocycles. The Morgan fingerprint density at radius 1 is 1.33 bits per heavy atom. The fraction of sp³-hybridized carbons (Fsp3) is 0.400. The van der Waals surface area contributed by atoms with E-state index in [0.29, 0.717) is 0 Å². The maximum absolute atomic E-state index is 10.8. The van der Waals surface area contributed by atoms with Crippen molar-refractivity contribution in [3.05, 3.63) is 52.8 Å². The maximum Gasteiger partial charge on any atom is 0.115 e. The number of hydrogen-bond acceptors (Lipinski definition) is 2. The Labute approximate surface area is 108 Å². The first-order chi connectivity index (χ1) is 8.45. The molecule has 1 aromatic carbocycles. The van der Waals surface area contributed by atoms with Crippen molar-refractivity contribution >= 4 is 0 Å². The van der Waals surface area contributed by atoms with Crippen LogP contribution in [0.5, 0.6) is 0 Å². The lowest BCUT2D eigenvalue weighted by atomic mass is 9.86. The van der Waals surface area contributed by atoms with E-state index < -0.39 is 5.60 Å². The molecule has 3 nitrogen and oxygen atoms in total. The van der Waals surface area contributed by atoms with Gasteiger partial charge in [-0.25, -0.2) is 0 Å². The number of aromatic nitrogens is 2. The number of hydrogen-bond donors (Lipinski definition) is 1. The topological polar surface area (TPSA) is 38.0 Å². The molecule has 0 radical (unpaired) electrons. The van der Waals surface area contributed by atoms with E-state index in [4.69, 9.17) is 0 Å². The summed E-state index contributed by atoms with van der Waals surface area (Å²) < 4.78 is 1.83. The van der Waals surface area contributed by atoms with Crippen LogP contribution in [0.2, 0.25) is 0 Å². The average Bonchev–Trinajstić information content (AvgIpc) is 2.81. The summed E-state index contributed by atoms with van der Waals surface area (Å²) in [6.45, 7) is 8.72. The highest BCUT2D eigenvalue weighted by atomic mass is 16.3. The molecule has 0 aliphatic heterocycles. The van der Waals surface area contributed by atoms with Crippen molar-refractivity contribution in [1.29, 1.82) is 0 Å². The highest BCUT2D eigenvalue weighted by Crippen LogP contribution is 2.31. The van der Waals surface area contributed by atoms with Crippen LogP contribution in [0, 0.1) is 13.8 Å². The van der Waals surface area contributed by atoms with E-state index in [1.807, 2.05) is 50.7 Å². The molecule has 2 aromatic rings. The third kappa shape index (κ3) is 2.18. The minimum absolute atomic E-state index is 0.808. The summed E-state index contributed by atoms with van der Waals surface area (Å²) in [5.41, 5.74) is 3.02. The van der Waals surface area contributed by atoms with Gasteiger partial charge in [0.05, 0.1) is 6.20 Å². The lowest BCUT2D eigenvalue weighted by Gasteiger charge is -2.25. The molecular formula is C15H20N2O. The van der Waals surface area contributed by atoms with Gasteiger partial charge in [0, 0.05) is 18.3 Å². The second-order valence-corrected chi connectivity index (χ2v) is 4.98. The first-order valence-corrected chi connectivity index (χ1v) is 6.28. The van der Waals surface area contributed by atoms with Gasteiger partial charge in [0.25, 0.3) is 0 Å². The Morgan fingerprint density at radius 3 is 2.67 bits per heavy atom. The molecule has 0 fully saturated rings. The van der Waals surface area contributed by atoms with Crippen LogP contribution >= 0.6 is 0 Å². The van der Waals surface area contributed by atoms with Crippen molar-refractivity contribution in [1.82, 2.24) is 9.78 Å². The van der Waals surface area contributed by atoms with Gasteiger partial charge in [-0.1, -0.05) is 23.8 Å². The van der Waals surface area contributed by atoms with Crippen molar-refractivity contribution in [2.75, 3.05) is 0 Å². The monoisotopic (exact) mass is 244 g/mol. The van der Waals surface area contributed by atoms with E-state index in [2.05, 4.69) is 11.2 Å². The van der Waals surface area contributed by atoms with E-state index in [1.165, 1.54) is 0 Å². The molecule has 3 heteroatoms. The number of aliphatic hydroxyl groups is 1. The van der Waals surface area contributed by atoms with Crippen LogP contribution in [0.25, 0.3) is 0 Å². The lowest BCUT2D eigenvalue weighted by Crippen LogP contribution is -2.23. The van der Waals surface area contributed by atoms with Gasteiger partial charge in [-0.3, -0.25) is 4.68 Å². The minimum atomic E-state index is -0.997. The van der Waals surface area contributed by atoms with E-state index in [0.717, 1.165) is 28.8 Å². The zero-order chi connectivity index (χ0) is 13.3. The summed E-state index contributed by atoms with van der Waals surface area (Å²) >= 11 is 0. The van der Waals surface area contributed by atoms with Gasteiger partial charge in [-0.2, -0.15) is 5.10 Å². The van der Waals surface area contributed by atoms with Crippen LogP contribution in [-0.4, -0.2) is 14.9 Å². The van der Waals surface area contributed by atoms with Crippen LogP contribution in [-0.2, 0) is 12.1 Å². The highest BCUT2D eigenvalue weighted by Gasteiger charge is 2.28. The van der Waals surface area contributed by atoms with Gasteiger partial charge in [0.15, 0.2) is 0 Å². The molecule has 1 unspecified atom stereocenters. The summed E-state index contributed by atoms with van der Waals surface area (Å²) in [6, 6.07) is 6.15. The molecule has 0 bridgehead atoms. The third-order valence-electron chi connectivity index (χ3n) is 3.44. The number of rotatable bonds is 3. The molecule has 0 aliphatic carbocycles. The number of benzene rings is 1. The molecule has 18 heavy (non-hydrogen) atoms. The molecule has 0 saturated carbocycles. The molecule has 0 aliphatic rings. The highest BCUT2D eigenvalue weighted by molar-refractivity contribution is 5.40. The van der Waals surface area contributed by atoms with E-state index in [1.54, 1.807) is 6.20 Å². The molecule has 1 atom stereocenters. The molecule has 2 rings (SSSR count). The van der Waals surface area contributed by atoms with Gasteiger partial charge in [-0.05, 0) is 38.8 Å². The smallest absolute Gasteiger partial charge is 0.115 e. The molecule has 0 saturated heterocycles. The SMILES string of the molecule is CCn1cc(C(C)(O)c2cc(C)ccc2C)cn1. The van der Waals surface area contributed by atoms with Gasteiger partial charge >= 0.3 is 0 Å². The third-order valence-corrected chi connectivity index (χ3v) is 3.44. The Morgan fingerprint density at radius 2 is 2.06 bits per heavy atom. The van der Waals surface area contributed by atoms with Crippen LogP contribution in [0.4, 0.5) is 0 Å². The second kappa shape index (κ2) is 4.58. The molecular weight excluding hydrogens is 224 g/mol. The van der Waals surface area contributed by atoms with Gasteiger partial charge in [0.1, 0.15) is 5.60 Å². The fourth-order valence-electron chi connectivity index (χ4n) is 2.20. The van der Waals surface area contributed by atoms with Crippen molar-refractivity contribution in [2.45, 2.75) is 39.8 Å². The van der Waals surface area contributed by atoms with Crippen LogP contribution in [0.15, 0.2) is 30.6 Å². The predicted octanol–water partition coefficient (Wildman–Crippen LogP) is 2.78. The molecule has 0 spiro atoms. The van der Waals surface area contributed by atoms with Gasteiger partial charge < -0.3 is 5.11 Å².